The van der Waals surface area contributed by atoms with E-state index in [2.05, 4.69) is 0 Å². The molecule has 0 aromatic heterocycles. The van der Waals surface area contributed by atoms with Gasteiger partial charge in [-0.2, -0.15) is 0 Å². The van der Waals surface area contributed by atoms with Gasteiger partial charge in [0.2, 0.25) is 0 Å². The summed E-state index contributed by atoms with van der Waals surface area (Å²) in [5.74, 6) is 0.175. The third-order valence-electron chi connectivity index (χ3n) is 4.83. The first-order chi connectivity index (χ1) is 13.3. The molecule has 0 amide bonds. The molecule has 0 spiro atoms. The van der Waals surface area contributed by atoms with Crippen LogP contribution in [0.2, 0.25) is 0 Å². The Morgan fingerprint density at radius 2 is 1.82 bits per heavy atom. The lowest BCUT2D eigenvalue weighted by Crippen LogP contribution is -2.30. The summed E-state index contributed by atoms with van der Waals surface area (Å²) in [6.45, 7) is 7.95. The minimum atomic E-state index is -0.666. The molecule has 158 valence electrons. The number of ether oxygens (including phenoxy) is 4. The van der Waals surface area contributed by atoms with Crippen molar-refractivity contribution in [3.05, 3.63) is 42.0 Å². The van der Waals surface area contributed by atoms with E-state index in [1.807, 2.05) is 57.2 Å². The van der Waals surface area contributed by atoms with E-state index in [-0.39, 0.29) is 24.7 Å². The van der Waals surface area contributed by atoms with Crippen molar-refractivity contribution in [2.75, 3.05) is 13.7 Å². The molecule has 0 aliphatic carbocycles. The van der Waals surface area contributed by atoms with Crippen LogP contribution in [0.3, 0.4) is 0 Å². The molecule has 1 aromatic rings. The summed E-state index contributed by atoms with van der Waals surface area (Å²) in [6, 6.07) is 7.65. The molecule has 5 atom stereocenters. The molecule has 1 aliphatic heterocycles. The molecular weight excluding hydrogens is 360 g/mol. The topological polar surface area (TPSA) is 77.4 Å². The van der Waals surface area contributed by atoms with Crippen LogP contribution >= 0.6 is 0 Å². The molecule has 1 aromatic carbocycles. The maximum Gasteiger partial charge on any atom is 0.163 e. The number of hydrogen-bond acceptors (Lipinski definition) is 6. The Hall–Kier alpha value is -1.44. The van der Waals surface area contributed by atoms with Gasteiger partial charge in [0.05, 0.1) is 32.0 Å². The van der Waals surface area contributed by atoms with Gasteiger partial charge in [0.1, 0.15) is 11.9 Å². The smallest absolute Gasteiger partial charge is 0.163 e. The molecule has 1 unspecified atom stereocenters. The summed E-state index contributed by atoms with van der Waals surface area (Å²) in [6.07, 6.45) is 3.00. The summed E-state index contributed by atoms with van der Waals surface area (Å²) in [7, 11) is 1.63. The van der Waals surface area contributed by atoms with Gasteiger partial charge in [-0.05, 0) is 44.9 Å². The summed E-state index contributed by atoms with van der Waals surface area (Å²) < 4.78 is 23.0. The van der Waals surface area contributed by atoms with E-state index < -0.39 is 18.0 Å². The second kappa shape index (κ2) is 10.4. The number of benzene rings is 1. The van der Waals surface area contributed by atoms with Crippen LogP contribution in [-0.2, 0) is 20.8 Å². The first-order valence-electron chi connectivity index (χ1n) is 9.83. The van der Waals surface area contributed by atoms with Gasteiger partial charge in [-0.1, -0.05) is 31.2 Å². The average molecular weight is 395 g/mol. The Balaban J connectivity index is 1.96. The molecule has 2 rings (SSSR count). The molecule has 1 aliphatic rings. The van der Waals surface area contributed by atoms with E-state index in [0.717, 1.165) is 11.3 Å². The zero-order valence-corrected chi connectivity index (χ0v) is 17.5. The Bertz CT molecular complexity index is 610. The number of hydrogen-bond donors (Lipinski definition) is 2. The predicted octanol–water partition coefficient (Wildman–Crippen LogP) is 3.06. The van der Waals surface area contributed by atoms with Crippen LogP contribution in [-0.4, -0.2) is 54.1 Å². The number of aliphatic hydroxyl groups is 2. The Morgan fingerprint density at radius 3 is 2.39 bits per heavy atom. The Morgan fingerprint density at radius 1 is 1.14 bits per heavy atom. The molecule has 6 nitrogen and oxygen atoms in total. The summed E-state index contributed by atoms with van der Waals surface area (Å²) in [5, 5.41) is 19.4. The summed E-state index contributed by atoms with van der Waals surface area (Å²) in [4.78, 5) is 0. The third kappa shape index (κ3) is 6.57. The van der Waals surface area contributed by atoms with Gasteiger partial charge < -0.3 is 29.2 Å². The van der Waals surface area contributed by atoms with E-state index in [1.54, 1.807) is 14.0 Å². The highest BCUT2D eigenvalue weighted by Crippen LogP contribution is 2.34. The van der Waals surface area contributed by atoms with E-state index >= 15 is 0 Å². The molecule has 0 saturated carbocycles. The minimum Gasteiger partial charge on any atom is -0.497 e. The normalized spacial score (nSPS) is 25.0. The third-order valence-corrected chi connectivity index (χ3v) is 4.83. The SMILES string of the molecule is COc1ccc(CO[C@H](/C=C\C(C)[C@H]2OC(C)(C)O[C@H]2CCO)[C@H](C)O)cc1. The fraction of sp³-hybridized carbons (Fsp3) is 0.636. The van der Waals surface area contributed by atoms with Gasteiger partial charge in [0.15, 0.2) is 5.79 Å². The van der Waals surface area contributed by atoms with Crippen molar-refractivity contribution in [2.24, 2.45) is 5.92 Å². The van der Waals surface area contributed by atoms with E-state index in [1.165, 1.54) is 0 Å². The number of methoxy groups -OCH3 is 1. The monoisotopic (exact) mass is 394 g/mol. The Kier molecular flexibility index (Phi) is 8.46. The highest BCUT2D eigenvalue weighted by molar-refractivity contribution is 5.26. The standard InChI is InChI=1S/C22H34O6/c1-15(21-20(12-13-23)27-22(3,4)28-21)6-11-19(16(2)24)26-14-17-7-9-18(25-5)10-8-17/h6-11,15-16,19-21,23-24H,12-14H2,1-5H3/b11-6-/t15?,16-,19+,20-,21+/m0/s1. The molecule has 1 saturated heterocycles. The number of aliphatic hydroxyl groups excluding tert-OH is 2. The van der Waals surface area contributed by atoms with Crippen molar-refractivity contribution in [3.63, 3.8) is 0 Å². The van der Waals surface area contributed by atoms with Crippen molar-refractivity contribution in [1.82, 2.24) is 0 Å². The maximum atomic E-state index is 10.1. The van der Waals surface area contributed by atoms with E-state index in [0.29, 0.717) is 13.0 Å². The van der Waals surface area contributed by atoms with Crippen molar-refractivity contribution >= 4 is 0 Å². The lowest BCUT2D eigenvalue weighted by Gasteiger charge is -2.22. The predicted molar refractivity (Wildman–Crippen MR) is 107 cm³/mol. The molecule has 28 heavy (non-hydrogen) atoms. The maximum absolute atomic E-state index is 10.1. The van der Waals surface area contributed by atoms with E-state index in [4.69, 9.17) is 18.9 Å². The second-order valence-electron chi connectivity index (χ2n) is 7.76. The van der Waals surface area contributed by atoms with Gasteiger partial charge in [0.25, 0.3) is 0 Å². The second-order valence-corrected chi connectivity index (χ2v) is 7.76. The van der Waals surface area contributed by atoms with Crippen LogP contribution in [0.15, 0.2) is 36.4 Å². The largest absolute Gasteiger partial charge is 0.497 e. The van der Waals surface area contributed by atoms with Crippen molar-refractivity contribution in [2.45, 2.75) is 70.9 Å². The van der Waals surface area contributed by atoms with Crippen LogP contribution in [0.1, 0.15) is 39.7 Å². The van der Waals surface area contributed by atoms with Crippen molar-refractivity contribution in [3.8, 4) is 5.75 Å². The van der Waals surface area contributed by atoms with Crippen molar-refractivity contribution < 1.29 is 29.2 Å². The van der Waals surface area contributed by atoms with Crippen LogP contribution in [0.4, 0.5) is 0 Å². The molecule has 2 N–H and O–H groups in total. The zero-order chi connectivity index (χ0) is 20.7. The van der Waals surface area contributed by atoms with Gasteiger partial charge >= 0.3 is 0 Å². The van der Waals surface area contributed by atoms with Crippen molar-refractivity contribution in [1.29, 1.82) is 0 Å². The lowest BCUT2D eigenvalue weighted by atomic mass is 9.96. The molecule has 1 fully saturated rings. The van der Waals surface area contributed by atoms with Crippen LogP contribution in [0.25, 0.3) is 0 Å². The van der Waals surface area contributed by atoms with Gasteiger partial charge in [-0.15, -0.1) is 0 Å². The van der Waals surface area contributed by atoms with Gasteiger partial charge in [-0.3, -0.25) is 0 Å². The average Bonchev–Trinajstić information content (AvgIpc) is 2.96. The van der Waals surface area contributed by atoms with Crippen LogP contribution < -0.4 is 4.74 Å². The van der Waals surface area contributed by atoms with Gasteiger partial charge in [-0.25, -0.2) is 0 Å². The molecule has 1 heterocycles. The minimum absolute atomic E-state index is 0.0455. The lowest BCUT2D eigenvalue weighted by molar-refractivity contribution is -0.149. The fourth-order valence-electron chi connectivity index (χ4n) is 3.32. The van der Waals surface area contributed by atoms with Crippen LogP contribution in [0, 0.1) is 5.92 Å². The molecule has 0 bridgehead atoms. The zero-order valence-electron chi connectivity index (χ0n) is 17.5. The highest BCUT2D eigenvalue weighted by atomic mass is 16.8. The quantitative estimate of drug-likeness (QED) is 0.594. The van der Waals surface area contributed by atoms with Gasteiger partial charge in [0, 0.05) is 12.5 Å². The molecule has 0 radical (unpaired) electrons. The highest BCUT2D eigenvalue weighted by Gasteiger charge is 2.42. The molecule has 6 heteroatoms. The van der Waals surface area contributed by atoms with E-state index in [9.17, 15) is 10.2 Å². The fourth-order valence-corrected chi connectivity index (χ4v) is 3.32. The number of rotatable bonds is 10. The summed E-state index contributed by atoms with van der Waals surface area (Å²) >= 11 is 0. The van der Waals surface area contributed by atoms with Crippen LogP contribution in [0.5, 0.6) is 5.75 Å². The first kappa shape index (κ1) is 22.8. The Labute approximate surface area is 168 Å². The summed E-state index contributed by atoms with van der Waals surface area (Å²) in [5.41, 5.74) is 1.00. The molecular formula is C22H34O6. The first-order valence-corrected chi connectivity index (χ1v) is 9.83.